The smallest absolute Gasteiger partial charge is 0.300 e. The van der Waals surface area contributed by atoms with Gasteiger partial charge in [-0.25, -0.2) is 0 Å². The van der Waals surface area contributed by atoms with Gasteiger partial charge in [0.25, 0.3) is 11.7 Å². The van der Waals surface area contributed by atoms with Crippen molar-refractivity contribution in [3.8, 4) is 23.0 Å². The average Bonchev–Trinajstić information content (AvgIpc) is 3.51. The summed E-state index contributed by atoms with van der Waals surface area (Å²) >= 11 is 0. The van der Waals surface area contributed by atoms with Crippen LogP contribution in [0.1, 0.15) is 22.7 Å². The Morgan fingerprint density at radius 1 is 0.842 bits per heavy atom. The molecule has 0 spiro atoms. The first kappa shape index (κ1) is 23.4. The number of carbonyl (C=O) groups is 2. The number of benzene rings is 4. The minimum Gasteiger partial charge on any atom is -0.507 e. The third kappa shape index (κ3) is 4.04. The SMILES string of the molecule is Cc1ccccc1N1C(=O)C(=O)/C(=C(\O)c2ccc3c(c2)OCO3)C1c1cccc(Oc2ccccc2)c1. The lowest BCUT2D eigenvalue weighted by Gasteiger charge is -2.27. The van der Waals surface area contributed by atoms with Crippen LogP contribution in [0.5, 0.6) is 23.0 Å². The van der Waals surface area contributed by atoms with Crippen molar-refractivity contribution < 1.29 is 28.9 Å². The van der Waals surface area contributed by atoms with E-state index in [1.807, 2.05) is 61.5 Å². The molecule has 7 heteroatoms. The molecule has 6 rings (SSSR count). The normalized spacial score (nSPS) is 17.6. The first-order chi connectivity index (χ1) is 18.5. The minimum absolute atomic E-state index is 0.0195. The van der Waals surface area contributed by atoms with Crippen molar-refractivity contribution in [1.82, 2.24) is 0 Å². The molecule has 7 nitrogen and oxygen atoms in total. The zero-order valence-corrected chi connectivity index (χ0v) is 20.5. The summed E-state index contributed by atoms with van der Waals surface area (Å²) in [6, 6.07) is 27.9. The number of carbonyl (C=O) groups excluding carboxylic acids is 2. The quantitative estimate of drug-likeness (QED) is 0.199. The monoisotopic (exact) mass is 505 g/mol. The highest BCUT2D eigenvalue weighted by molar-refractivity contribution is 6.51. The summed E-state index contributed by atoms with van der Waals surface area (Å²) < 4.78 is 16.9. The van der Waals surface area contributed by atoms with Gasteiger partial charge in [-0.05, 0) is 66.6 Å². The summed E-state index contributed by atoms with van der Waals surface area (Å²) in [5, 5.41) is 11.5. The number of aliphatic hydroxyl groups excluding tert-OH is 1. The Morgan fingerprint density at radius 2 is 1.58 bits per heavy atom. The number of para-hydroxylation sites is 2. The Kier molecular flexibility index (Phi) is 5.81. The van der Waals surface area contributed by atoms with Gasteiger partial charge in [0, 0.05) is 11.3 Å². The van der Waals surface area contributed by atoms with Crippen LogP contribution in [0.25, 0.3) is 5.76 Å². The predicted molar refractivity (Wildman–Crippen MR) is 141 cm³/mol. The number of fused-ring (bicyclic) bond motifs is 1. The molecule has 0 aromatic heterocycles. The first-order valence-electron chi connectivity index (χ1n) is 12.1. The van der Waals surface area contributed by atoms with Gasteiger partial charge < -0.3 is 19.3 Å². The van der Waals surface area contributed by atoms with E-state index >= 15 is 0 Å². The third-order valence-electron chi connectivity index (χ3n) is 6.62. The van der Waals surface area contributed by atoms with Crippen LogP contribution in [-0.4, -0.2) is 23.6 Å². The number of ketones is 1. The molecule has 0 radical (unpaired) electrons. The van der Waals surface area contributed by atoms with Gasteiger partial charge in [0.15, 0.2) is 11.5 Å². The Balaban J connectivity index is 1.51. The van der Waals surface area contributed by atoms with Crippen LogP contribution in [0, 0.1) is 6.92 Å². The highest BCUT2D eigenvalue weighted by Gasteiger charge is 2.47. The van der Waals surface area contributed by atoms with Crippen LogP contribution in [-0.2, 0) is 9.59 Å². The molecular formula is C31H23NO6. The fourth-order valence-electron chi connectivity index (χ4n) is 4.80. The summed E-state index contributed by atoms with van der Waals surface area (Å²) in [4.78, 5) is 28.5. The van der Waals surface area contributed by atoms with Crippen LogP contribution in [0.3, 0.4) is 0 Å². The topological polar surface area (TPSA) is 85.3 Å². The number of rotatable bonds is 5. The van der Waals surface area contributed by atoms with Crippen molar-refractivity contribution in [2.45, 2.75) is 13.0 Å². The van der Waals surface area contributed by atoms with Crippen LogP contribution < -0.4 is 19.1 Å². The summed E-state index contributed by atoms with van der Waals surface area (Å²) in [6.07, 6.45) is 0. The van der Waals surface area contributed by atoms with E-state index in [9.17, 15) is 14.7 Å². The average molecular weight is 506 g/mol. The molecule has 1 saturated heterocycles. The number of anilines is 1. The Labute approximate surface area is 219 Å². The fraction of sp³-hybridized carbons (Fsp3) is 0.0968. The van der Waals surface area contributed by atoms with Crippen molar-refractivity contribution in [2.24, 2.45) is 0 Å². The number of hydrogen-bond acceptors (Lipinski definition) is 6. The number of Topliss-reactive ketones (excluding diaryl/α,β-unsaturated/α-hetero) is 1. The number of nitrogens with zero attached hydrogens (tertiary/aromatic N) is 1. The van der Waals surface area contributed by atoms with Crippen molar-refractivity contribution in [1.29, 1.82) is 0 Å². The molecule has 1 N–H and O–H groups in total. The van der Waals surface area contributed by atoms with E-state index in [4.69, 9.17) is 14.2 Å². The Hall–Kier alpha value is -5.04. The second-order valence-corrected chi connectivity index (χ2v) is 9.01. The summed E-state index contributed by atoms with van der Waals surface area (Å²) in [5.41, 5.74) is 2.34. The number of amides is 1. The van der Waals surface area contributed by atoms with Crippen LogP contribution in [0.15, 0.2) is 103 Å². The highest BCUT2D eigenvalue weighted by Crippen LogP contribution is 2.45. The van der Waals surface area contributed by atoms with Crippen molar-refractivity contribution in [3.63, 3.8) is 0 Å². The molecule has 4 aromatic rings. The van der Waals surface area contributed by atoms with Crippen molar-refractivity contribution >= 4 is 23.1 Å². The van der Waals surface area contributed by atoms with Gasteiger partial charge >= 0.3 is 0 Å². The number of ether oxygens (including phenoxy) is 3. The molecule has 0 aliphatic carbocycles. The van der Waals surface area contributed by atoms with Crippen molar-refractivity contribution in [3.05, 3.63) is 119 Å². The zero-order valence-electron chi connectivity index (χ0n) is 20.5. The van der Waals surface area contributed by atoms with Gasteiger partial charge in [0.1, 0.15) is 17.3 Å². The lowest BCUT2D eigenvalue weighted by molar-refractivity contribution is -0.132. The van der Waals surface area contributed by atoms with Gasteiger partial charge in [-0.2, -0.15) is 0 Å². The molecule has 2 aliphatic rings. The maximum absolute atomic E-state index is 13.5. The van der Waals surface area contributed by atoms with Gasteiger partial charge in [-0.3, -0.25) is 14.5 Å². The molecule has 38 heavy (non-hydrogen) atoms. The summed E-state index contributed by atoms with van der Waals surface area (Å²) in [5.74, 6) is 0.396. The maximum Gasteiger partial charge on any atom is 0.300 e. The molecule has 0 saturated carbocycles. The van der Waals surface area contributed by atoms with E-state index in [0.29, 0.717) is 39.8 Å². The van der Waals surface area contributed by atoms with Gasteiger partial charge in [0.05, 0.1) is 11.6 Å². The molecule has 1 unspecified atom stereocenters. The lowest BCUT2D eigenvalue weighted by Crippen LogP contribution is -2.30. The van der Waals surface area contributed by atoms with Gasteiger partial charge in [-0.15, -0.1) is 0 Å². The number of aryl methyl sites for hydroxylation is 1. The van der Waals surface area contributed by atoms with E-state index in [-0.39, 0.29) is 18.1 Å². The van der Waals surface area contributed by atoms with E-state index in [1.54, 1.807) is 42.5 Å². The molecule has 4 aromatic carbocycles. The molecule has 1 amide bonds. The Bertz CT molecular complexity index is 1590. The Morgan fingerprint density at radius 3 is 2.39 bits per heavy atom. The molecule has 2 heterocycles. The van der Waals surface area contributed by atoms with Crippen LogP contribution in [0.4, 0.5) is 5.69 Å². The van der Waals surface area contributed by atoms with E-state index in [2.05, 4.69) is 0 Å². The highest BCUT2D eigenvalue weighted by atomic mass is 16.7. The summed E-state index contributed by atoms with van der Waals surface area (Å²) in [6.45, 7) is 1.95. The molecule has 1 fully saturated rings. The molecule has 2 aliphatic heterocycles. The predicted octanol–water partition coefficient (Wildman–Crippen LogP) is 6.14. The minimum atomic E-state index is -0.888. The standard InChI is InChI=1S/C31H23NO6/c1-19-8-5-6-13-24(19)32-28(20-9-7-12-23(16-20)38-22-10-3-2-4-11-22)27(30(34)31(32)35)29(33)21-14-15-25-26(17-21)37-18-36-25/h2-17,28,33H,18H2,1H3/b29-27-. The largest absolute Gasteiger partial charge is 0.507 e. The number of hydrogen-bond donors (Lipinski definition) is 1. The van der Waals surface area contributed by atoms with Gasteiger partial charge in [-0.1, -0.05) is 48.5 Å². The maximum atomic E-state index is 13.5. The molecule has 0 bridgehead atoms. The lowest BCUT2D eigenvalue weighted by atomic mass is 9.94. The summed E-state index contributed by atoms with van der Waals surface area (Å²) in [7, 11) is 0. The van der Waals surface area contributed by atoms with Gasteiger partial charge in [0.2, 0.25) is 6.79 Å². The molecule has 188 valence electrons. The first-order valence-corrected chi connectivity index (χ1v) is 12.1. The fourth-order valence-corrected chi connectivity index (χ4v) is 4.80. The second kappa shape index (κ2) is 9.44. The molecular weight excluding hydrogens is 482 g/mol. The number of aliphatic hydroxyl groups is 1. The van der Waals surface area contributed by atoms with E-state index in [0.717, 1.165) is 5.56 Å². The van der Waals surface area contributed by atoms with Crippen LogP contribution in [0.2, 0.25) is 0 Å². The van der Waals surface area contributed by atoms with E-state index < -0.39 is 17.7 Å². The zero-order chi connectivity index (χ0) is 26.2. The van der Waals surface area contributed by atoms with Crippen molar-refractivity contribution in [2.75, 3.05) is 11.7 Å². The third-order valence-corrected chi connectivity index (χ3v) is 6.62. The van der Waals surface area contributed by atoms with E-state index in [1.165, 1.54) is 4.90 Å². The second-order valence-electron chi connectivity index (χ2n) is 9.01. The van der Waals surface area contributed by atoms with Crippen LogP contribution >= 0.6 is 0 Å². The molecule has 1 atom stereocenters.